The fourth-order valence-electron chi connectivity index (χ4n) is 4.35. The Morgan fingerprint density at radius 3 is 2.77 bits per heavy atom. The number of hydrogen-bond donors (Lipinski definition) is 2. The molecule has 2 unspecified atom stereocenters. The smallest absolute Gasteiger partial charge is 0.306 e. The zero-order valence-corrected chi connectivity index (χ0v) is 21.4. The van der Waals surface area contributed by atoms with Crippen LogP contribution in [0.15, 0.2) is 59.9 Å². The summed E-state index contributed by atoms with van der Waals surface area (Å²) in [6, 6.07) is 13.1. The number of methoxy groups -OCH3 is 1. The molecule has 0 amide bonds. The number of rotatable bonds is 7. The molecular weight excluding hydrogens is 466 g/mol. The third kappa shape index (κ3) is 5.38. The molecule has 2 heterocycles. The lowest BCUT2D eigenvalue weighted by molar-refractivity contribution is -0.140. The summed E-state index contributed by atoms with van der Waals surface area (Å²) in [5, 5.41) is 0. The van der Waals surface area contributed by atoms with Gasteiger partial charge in [0.15, 0.2) is 0 Å². The number of aryl methyl sites for hydroxylation is 2. The zero-order valence-electron chi connectivity index (χ0n) is 20.5. The Bertz CT molecular complexity index is 1200. The van der Waals surface area contributed by atoms with Crippen LogP contribution in [0.2, 0.25) is 0 Å². The quantitative estimate of drug-likeness (QED) is 0.431. The van der Waals surface area contributed by atoms with Gasteiger partial charge in [-0.15, -0.1) is 10.8 Å². The number of hydrogen-bond acceptors (Lipinski definition) is 7. The molecule has 2 atom stereocenters. The topological polar surface area (TPSA) is 97.1 Å². The molecule has 1 aliphatic heterocycles. The number of ether oxygens (including phenoxy) is 2. The third-order valence-electron chi connectivity index (χ3n) is 6.39. The van der Waals surface area contributed by atoms with Crippen LogP contribution < -0.4 is 4.74 Å². The lowest BCUT2D eigenvalue weighted by Crippen LogP contribution is -2.33. The van der Waals surface area contributed by atoms with Gasteiger partial charge in [-0.05, 0) is 49.6 Å². The predicted molar refractivity (Wildman–Crippen MR) is 136 cm³/mol. The van der Waals surface area contributed by atoms with Crippen molar-refractivity contribution in [3.05, 3.63) is 77.4 Å². The van der Waals surface area contributed by atoms with E-state index in [-0.39, 0.29) is 24.4 Å². The minimum atomic E-state index is -3.26. The number of benzene rings is 2. The number of aromatic nitrogens is 2. The Hall–Kier alpha value is -2.85. The maximum absolute atomic E-state index is 12.2. The molecule has 0 aliphatic carbocycles. The van der Waals surface area contributed by atoms with Gasteiger partial charge < -0.3 is 14.0 Å². The molecule has 2 N–H and O–H groups in total. The molecule has 8 nitrogen and oxygen atoms in total. The molecule has 3 aromatic rings. The molecule has 1 aliphatic rings. The first-order valence-electron chi connectivity index (χ1n) is 11.7. The van der Waals surface area contributed by atoms with Crippen LogP contribution >= 0.6 is 10.8 Å². The molecule has 0 saturated carbocycles. The highest BCUT2D eigenvalue weighted by Gasteiger charge is 2.34. The van der Waals surface area contributed by atoms with Crippen molar-refractivity contribution in [3.8, 4) is 5.75 Å². The highest BCUT2D eigenvalue weighted by atomic mass is 32.3. The van der Waals surface area contributed by atoms with E-state index in [1.165, 1.54) is 7.11 Å². The molecule has 0 fully saturated rings. The number of carbonyl (C=O) groups excluding carboxylic acids is 1. The minimum Gasteiger partial charge on any atom is -0.487 e. The number of nitrogens with zero attached hydrogens (tertiary/aromatic N) is 3. The molecule has 0 spiro atoms. The number of carbonyl (C=O) groups is 1. The largest absolute Gasteiger partial charge is 0.487 e. The molecule has 2 aromatic carbocycles. The summed E-state index contributed by atoms with van der Waals surface area (Å²) in [7, 11) is -1.87. The van der Waals surface area contributed by atoms with Crippen LogP contribution in [-0.2, 0) is 22.6 Å². The Morgan fingerprint density at radius 1 is 1.29 bits per heavy atom. The van der Waals surface area contributed by atoms with E-state index in [1.807, 2.05) is 55.8 Å². The molecule has 0 saturated heterocycles. The van der Waals surface area contributed by atoms with Gasteiger partial charge in [0.05, 0.1) is 32.1 Å². The fourth-order valence-corrected chi connectivity index (χ4v) is 6.02. The van der Waals surface area contributed by atoms with Crippen LogP contribution in [0.5, 0.6) is 5.75 Å². The van der Waals surface area contributed by atoms with Crippen LogP contribution in [-0.4, -0.2) is 48.7 Å². The lowest BCUT2D eigenvalue weighted by atomic mass is 9.90. The first kappa shape index (κ1) is 25.2. The van der Waals surface area contributed by atoms with Gasteiger partial charge in [-0.2, -0.15) is 4.31 Å². The monoisotopic (exact) mass is 499 g/mol. The van der Waals surface area contributed by atoms with Crippen LogP contribution in [0, 0.1) is 6.92 Å². The first-order chi connectivity index (χ1) is 16.7. The van der Waals surface area contributed by atoms with Gasteiger partial charge in [0.2, 0.25) is 0 Å². The maximum atomic E-state index is 12.2. The Kier molecular flexibility index (Phi) is 7.51. The standard InChI is InChI=1S/C26H33N3O5S/c1-5-28-16-23(27-17-28)22(13-26(30)33-4)20-11-10-18(2)21(12-20)15-29-14-19(3)34-24-8-6-7-9-25(24)35(29,31)32/h6-12,16-17,19,22,31-32H,5,13-15H2,1-4H3. The van der Waals surface area contributed by atoms with E-state index in [4.69, 9.17) is 9.47 Å². The summed E-state index contributed by atoms with van der Waals surface area (Å²) in [6.45, 7) is 7.41. The number of para-hydroxylation sites is 1. The first-order valence-corrected chi connectivity index (χ1v) is 13.2. The molecule has 4 rings (SSSR count). The summed E-state index contributed by atoms with van der Waals surface area (Å²) in [4.78, 5) is 17.2. The van der Waals surface area contributed by atoms with E-state index >= 15 is 0 Å². The van der Waals surface area contributed by atoms with Crippen molar-refractivity contribution in [2.45, 2.75) is 57.2 Å². The third-order valence-corrected chi connectivity index (χ3v) is 8.31. The second-order valence-electron chi connectivity index (χ2n) is 8.86. The Morgan fingerprint density at radius 2 is 2.06 bits per heavy atom. The Labute approximate surface area is 208 Å². The van der Waals surface area contributed by atoms with Gasteiger partial charge in [0.25, 0.3) is 0 Å². The van der Waals surface area contributed by atoms with Gasteiger partial charge in [-0.3, -0.25) is 13.9 Å². The summed E-state index contributed by atoms with van der Waals surface area (Å²) in [6.07, 6.45) is 3.66. The maximum Gasteiger partial charge on any atom is 0.306 e. The van der Waals surface area contributed by atoms with Gasteiger partial charge in [-0.1, -0.05) is 30.3 Å². The predicted octanol–water partition coefficient (Wildman–Crippen LogP) is 5.21. The molecular formula is C26H33N3O5S. The van der Waals surface area contributed by atoms with Crippen molar-refractivity contribution >= 4 is 16.7 Å². The van der Waals surface area contributed by atoms with Crippen LogP contribution in [0.1, 0.15) is 48.6 Å². The van der Waals surface area contributed by atoms with Gasteiger partial charge in [-0.25, -0.2) is 4.98 Å². The van der Waals surface area contributed by atoms with Crippen molar-refractivity contribution in [1.82, 2.24) is 13.9 Å². The second kappa shape index (κ2) is 10.4. The number of fused-ring (bicyclic) bond motifs is 1. The summed E-state index contributed by atoms with van der Waals surface area (Å²) < 4.78 is 37.2. The van der Waals surface area contributed by atoms with Crippen LogP contribution in [0.4, 0.5) is 0 Å². The van der Waals surface area contributed by atoms with Crippen molar-refractivity contribution < 1.29 is 23.4 Å². The number of esters is 1. The van der Waals surface area contributed by atoms with Crippen molar-refractivity contribution in [1.29, 1.82) is 0 Å². The van der Waals surface area contributed by atoms with Gasteiger partial charge in [0, 0.05) is 25.2 Å². The molecule has 35 heavy (non-hydrogen) atoms. The minimum absolute atomic E-state index is 0.164. The zero-order chi connectivity index (χ0) is 25.2. The fraction of sp³-hybridized carbons (Fsp3) is 0.385. The average Bonchev–Trinajstić information content (AvgIpc) is 3.29. The van der Waals surface area contributed by atoms with Gasteiger partial charge >= 0.3 is 5.97 Å². The van der Waals surface area contributed by atoms with E-state index in [9.17, 15) is 13.9 Å². The molecule has 0 bridgehead atoms. The summed E-state index contributed by atoms with van der Waals surface area (Å²) >= 11 is 0. The van der Waals surface area contributed by atoms with Gasteiger partial charge in [0.1, 0.15) is 16.7 Å². The molecule has 188 valence electrons. The van der Waals surface area contributed by atoms with E-state index in [0.717, 1.165) is 28.9 Å². The highest BCUT2D eigenvalue weighted by Crippen LogP contribution is 2.57. The van der Waals surface area contributed by atoms with Crippen LogP contribution in [0.25, 0.3) is 0 Å². The SMILES string of the molecule is CCn1cnc(C(CC(=O)OC)c2ccc(C)c(CN3CC(C)Oc4ccccc4S3(O)O)c2)c1. The normalized spacial score (nSPS) is 19.2. The van der Waals surface area contributed by atoms with Crippen molar-refractivity contribution in [2.75, 3.05) is 13.7 Å². The van der Waals surface area contributed by atoms with E-state index in [0.29, 0.717) is 23.7 Å². The molecule has 9 heteroatoms. The molecule has 0 radical (unpaired) electrons. The molecule has 1 aromatic heterocycles. The second-order valence-corrected chi connectivity index (χ2v) is 10.9. The van der Waals surface area contributed by atoms with E-state index in [2.05, 4.69) is 4.98 Å². The van der Waals surface area contributed by atoms with E-state index < -0.39 is 10.8 Å². The van der Waals surface area contributed by atoms with E-state index in [1.54, 1.807) is 28.8 Å². The Balaban J connectivity index is 1.69. The summed E-state index contributed by atoms with van der Waals surface area (Å²) in [5.41, 5.74) is 3.68. The van der Waals surface area contributed by atoms with Crippen molar-refractivity contribution in [3.63, 3.8) is 0 Å². The summed E-state index contributed by atoms with van der Waals surface area (Å²) in [5.74, 6) is -0.0906. The highest BCUT2D eigenvalue weighted by molar-refractivity contribution is 8.22. The average molecular weight is 500 g/mol. The van der Waals surface area contributed by atoms with Crippen LogP contribution in [0.3, 0.4) is 0 Å². The lowest BCUT2D eigenvalue weighted by Gasteiger charge is -2.42. The van der Waals surface area contributed by atoms with Crippen molar-refractivity contribution in [2.24, 2.45) is 0 Å². The number of imidazole rings is 1.